The van der Waals surface area contributed by atoms with Crippen molar-refractivity contribution in [3.63, 3.8) is 0 Å². The van der Waals surface area contributed by atoms with Crippen LogP contribution in [0.25, 0.3) is 0 Å². The lowest BCUT2D eigenvalue weighted by Crippen LogP contribution is -2.25. The van der Waals surface area contributed by atoms with Gasteiger partial charge in [0.05, 0.1) is 12.3 Å². The van der Waals surface area contributed by atoms with E-state index >= 15 is 0 Å². The lowest BCUT2D eigenvalue weighted by molar-refractivity contribution is -0.119. The Bertz CT molecular complexity index is 1430. The fraction of sp³-hybridized carbons (Fsp3) is 0.486. The van der Waals surface area contributed by atoms with E-state index in [0.29, 0.717) is 36.2 Å². The zero-order valence-corrected chi connectivity index (χ0v) is 30.0. The van der Waals surface area contributed by atoms with Crippen LogP contribution >= 0.6 is 23.5 Å². The van der Waals surface area contributed by atoms with Gasteiger partial charge in [0.1, 0.15) is 5.75 Å². The van der Waals surface area contributed by atoms with Gasteiger partial charge in [-0.3, -0.25) is 19.0 Å². The molecule has 0 saturated heterocycles. The van der Waals surface area contributed by atoms with Crippen LogP contribution in [0.15, 0.2) is 66.9 Å². The molecule has 10 heteroatoms. The van der Waals surface area contributed by atoms with Gasteiger partial charge in [-0.15, -0.1) is 0 Å². The molecule has 8 nitrogen and oxygen atoms in total. The summed E-state index contributed by atoms with van der Waals surface area (Å²) >= 11 is 7.63. The SMILES string of the molecule is CCN(CCCC/C=C/C[C@H](C)[C@@H](C)SNC(=O)CCc1ccnn1C)c1cc(C(N)=O)ccc1OCCCCc1cccc(Cl)c1. The number of carbonyl (C=O) groups excluding carboxylic acids is 2. The molecule has 0 fully saturated rings. The first-order valence-corrected chi connectivity index (χ1v) is 18.1. The minimum absolute atomic E-state index is 0.0527. The maximum absolute atomic E-state index is 12.3. The number of ether oxygens (including phenoxy) is 1. The molecular weight excluding hydrogens is 630 g/mol. The van der Waals surface area contributed by atoms with Crippen LogP contribution in [-0.4, -0.2) is 46.5 Å². The second kappa shape index (κ2) is 20.7. The summed E-state index contributed by atoms with van der Waals surface area (Å²) in [7, 11) is 1.89. The Morgan fingerprint density at radius 1 is 1.09 bits per heavy atom. The zero-order chi connectivity index (χ0) is 34.0. The predicted octanol–water partition coefficient (Wildman–Crippen LogP) is 7.94. The van der Waals surface area contributed by atoms with Crippen molar-refractivity contribution in [1.82, 2.24) is 14.5 Å². The van der Waals surface area contributed by atoms with Crippen LogP contribution in [-0.2, 0) is 24.7 Å². The predicted molar refractivity (Wildman–Crippen MR) is 196 cm³/mol. The molecule has 0 spiro atoms. The van der Waals surface area contributed by atoms with Crippen molar-refractivity contribution in [2.75, 3.05) is 24.6 Å². The second-order valence-electron chi connectivity index (χ2n) is 12.0. The van der Waals surface area contributed by atoms with Crippen molar-refractivity contribution in [2.24, 2.45) is 18.7 Å². The lowest BCUT2D eigenvalue weighted by Gasteiger charge is -2.26. The number of rotatable bonds is 22. The Balaban J connectivity index is 1.37. The molecule has 2 atom stereocenters. The van der Waals surface area contributed by atoms with Crippen LogP contribution in [0.5, 0.6) is 5.75 Å². The quantitative estimate of drug-likeness (QED) is 0.0634. The van der Waals surface area contributed by atoms with E-state index in [0.717, 1.165) is 80.2 Å². The summed E-state index contributed by atoms with van der Waals surface area (Å²) in [6, 6.07) is 15.4. The summed E-state index contributed by atoms with van der Waals surface area (Å²) in [5.41, 5.74) is 9.30. The molecule has 256 valence electrons. The molecule has 2 amide bonds. The molecule has 3 aromatic rings. The maximum atomic E-state index is 12.3. The van der Waals surface area contributed by atoms with E-state index < -0.39 is 5.91 Å². The van der Waals surface area contributed by atoms with Gasteiger partial charge in [-0.05, 0) is 118 Å². The Morgan fingerprint density at radius 2 is 1.91 bits per heavy atom. The van der Waals surface area contributed by atoms with E-state index in [9.17, 15) is 9.59 Å². The monoisotopic (exact) mass is 681 g/mol. The Kier molecular flexibility index (Phi) is 16.8. The fourth-order valence-corrected chi connectivity index (χ4v) is 6.17. The fourth-order valence-electron chi connectivity index (χ4n) is 5.19. The van der Waals surface area contributed by atoms with E-state index in [-0.39, 0.29) is 5.91 Å². The van der Waals surface area contributed by atoms with Crippen molar-refractivity contribution in [2.45, 2.75) is 83.8 Å². The number of aryl methyl sites for hydroxylation is 3. The minimum atomic E-state index is -0.439. The van der Waals surface area contributed by atoms with Crippen molar-refractivity contribution >= 4 is 41.1 Å². The topological polar surface area (TPSA) is 102 Å². The van der Waals surface area contributed by atoms with Gasteiger partial charge in [0, 0.05) is 54.3 Å². The number of nitrogens with one attached hydrogen (secondary N) is 1. The highest BCUT2D eigenvalue weighted by molar-refractivity contribution is 7.98. The number of primary amides is 1. The van der Waals surface area contributed by atoms with E-state index in [4.69, 9.17) is 22.1 Å². The number of carbonyl (C=O) groups is 2. The Morgan fingerprint density at radius 3 is 2.64 bits per heavy atom. The molecule has 0 bridgehead atoms. The molecule has 1 heterocycles. The van der Waals surface area contributed by atoms with Crippen LogP contribution in [0, 0.1) is 5.92 Å². The third kappa shape index (κ3) is 13.7. The van der Waals surface area contributed by atoms with E-state index in [2.05, 4.69) is 53.7 Å². The van der Waals surface area contributed by atoms with Gasteiger partial charge in [-0.2, -0.15) is 5.10 Å². The molecule has 0 aliphatic heterocycles. The summed E-state index contributed by atoms with van der Waals surface area (Å²) in [4.78, 5) is 26.5. The van der Waals surface area contributed by atoms with Crippen LogP contribution in [0.3, 0.4) is 0 Å². The number of hydrogen-bond acceptors (Lipinski definition) is 6. The lowest BCUT2D eigenvalue weighted by atomic mass is 10.0. The number of nitrogens with zero attached hydrogens (tertiary/aromatic N) is 3. The number of halogens is 1. The molecule has 1 aromatic heterocycles. The molecule has 0 unspecified atom stereocenters. The van der Waals surface area contributed by atoms with Crippen molar-refractivity contribution < 1.29 is 14.3 Å². The number of amides is 2. The third-order valence-corrected chi connectivity index (χ3v) is 9.80. The van der Waals surface area contributed by atoms with Gasteiger partial charge in [0.25, 0.3) is 0 Å². The average Bonchev–Trinajstić information content (AvgIpc) is 3.48. The number of unbranched alkanes of at least 4 members (excludes halogenated alkanes) is 3. The highest BCUT2D eigenvalue weighted by atomic mass is 35.5. The molecular formula is C37H52ClN5O3S. The van der Waals surface area contributed by atoms with Crippen molar-refractivity contribution in [3.8, 4) is 5.75 Å². The molecule has 2 aromatic carbocycles. The normalized spacial score (nSPS) is 12.6. The first-order valence-electron chi connectivity index (χ1n) is 16.8. The molecule has 47 heavy (non-hydrogen) atoms. The van der Waals surface area contributed by atoms with Crippen LogP contribution in [0.4, 0.5) is 5.69 Å². The first-order chi connectivity index (χ1) is 22.7. The van der Waals surface area contributed by atoms with Gasteiger partial charge < -0.3 is 15.4 Å². The van der Waals surface area contributed by atoms with Crippen molar-refractivity contribution in [1.29, 1.82) is 0 Å². The number of allylic oxidation sites excluding steroid dienone is 2. The van der Waals surface area contributed by atoms with Crippen molar-refractivity contribution in [3.05, 3.63) is 88.7 Å². The summed E-state index contributed by atoms with van der Waals surface area (Å²) < 4.78 is 11.0. The standard InChI is InChI=1S/C37H52ClN5O3S/c1-5-43(34-27-31(37(39)45)18-20-35(34)46-25-12-10-15-30-16-13-17-32(38)26-30)24-11-8-6-7-9-14-28(2)29(3)47-41-36(44)21-19-33-22-23-40-42(33)4/h7,9,13,16-18,20,22-23,26-29H,5-6,8,10-12,14-15,19,21,24-25H2,1-4H3,(H2,39,45)(H,41,44)/b9-7+/t28-,29+/m0/s1. The van der Waals surface area contributed by atoms with Crippen LogP contribution in [0.2, 0.25) is 5.02 Å². The molecule has 3 rings (SSSR count). The van der Waals surface area contributed by atoms with Crippen LogP contribution in [0.1, 0.15) is 87.3 Å². The number of anilines is 1. The molecule has 3 N–H and O–H groups in total. The van der Waals surface area contributed by atoms with Crippen LogP contribution < -0.4 is 20.1 Å². The number of aromatic nitrogens is 2. The maximum Gasteiger partial charge on any atom is 0.248 e. The highest BCUT2D eigenvalue weighted by Gasteiger charge is 2.15. The summed E-state index contributed by atoms with van der Waals surface area (Å²) in [6.07, 6.45) is 14.4. The van der Waals surface area contributed by atoms with Gasteiger partial charge in [-0.1, -0.05) is 49.7 Å². The molecule has 0 aliphatic carbocycles. The summed E-state index contributed by atoms with van der Waals surface area (Å²) in [6.45, 7) is 8.77. The van der Waals surface area contributed by atoms with Gasteiger partial charge in [-0.25, -0.2) is 0 Å². The Hall–Kier alpha value is -3.43. The van der Waals surface area contributed by atoms with E-state index in [1.807, 2.05) is 43.4 Å². The summed E-state index contributed by atoms with van der Waals surface area (Å²) in [5, 5.41) is 5.23. The van der Waals surface area contributed by atoms with Gasteiger partial charge >= 0.3 is 0 Å². The number of nitrogens with two attached hydrogens (primary N) is 1. The number of benzene rings is 2. The highest BCUT2D eigenvalue weighted by Crippen LogP contribution is 2.30. The molecule has 0 aliphatic rings. The van der Waals surface area contributed by atoms with Gasteiger partial charge in [0.2, 0.25) is 11.8 Å². The number of hydrogen-bond donors (Lipinski definition) is 2. The third-order valence-electron chi connectivity index (χ3n) is 8.39. The Labute approximate surface area is 290 Å². The summed E-state index contributed by atoms with van der Waals surface area (Å²) in [5.74, 6) is 0.838. The first kappa shape index (κ1) is 38.0. The zero-order valence-electron chi connectivity index (χ0n) is 28.4. The van der Waals surface area contributed by atoms with Gasteiger partial charge in [0.15, 0.2) is 0 Å². The van der Waals surface area contributed by atoms with E-state index in [1.54, 1.807) is 16.9 Å². The minimum Gasteiger partial charge on any atom is -0.491 e. The molecule has 0 saturated carbocycles. The second-order valence-corrected chi connectivity index (χ2v) is 13.7. The average molecular weight is 682 g/mol. The largest absolute Gasteiger partial charge is 0.491 e. The molecule has 0 radical (unpaired) electrons. The van der Waals surface area contributed by atoms with E-state index in [1.165, 1.54) is 17.5 Å². The smallest absolute Gasteiger partial charge is 0.248 e.